The van der Waals surface area contributed by atoms with Gasteiger partial charge in [-0.15, -0.1) is 10.2 Å². The van der Waals surface area contributed by atoms with Gasteiger partial charge in [0.1, 0.15) is 5.01 Å². The Morgan fingerprint density at radius 1 is 1.62 bits per heavy atom. The largest absolute Gasteiger partial charge is 0.178 e. The molecule has 0 N–H and O–H groups in total. The molecular weight excluding hydrogens is 303 g/mol. The fourth-order valence-electron chi connectivity index (χ4n) is 0.287. The van der Waals surface area contributed by atoms with Crippen molar-refractivity contribution in [1.82, 2.24) is 10.2 Å². The molecule has 5 heteroatoms. The molecule has 8 heavy (non-hydrogen) atoms. The van der Waals surface area contributed by atoms with E-state index in [1.165, 1.54) is 0 Å². The molecular formula is C3H2BrIN2S. The third-order valence-electron chi connectivity index (χ3n) is 0.557. The highest BCUT2D eigenvalue weighted by molar-refractivity contribution is 14.1. The molecule has 1 aromatic heterocycles. The summed E-state index contributed by atoms with van der Waals surface area (Å²) in [6.07, 6.45) is 0. The van der Waals surface area contributed by atoms with Gasteiger partial charge < -0.3 is 0 Å². The fraction of sp³-hybridized carbons (Fsp3) is 0.333. The summed E-state index contributed by atoms with van der Waals surface area (Å²) < 4.78 is 0.997. The fourth-order valence-corrected chi connectivity index (χ4v) is 2.03. The van der Waals surface area contributed by atoms with Gasteiger partial charge in [0.15, 0.2) is 3.01 Å². The standard InChI is InChI=1S/C3H2BrIN2S/c4-1-2-6-7-3(5)8-2/h1H2. The first-order chi connectivity index (χ1) is 3.83. The second-order valence-electron chi connectivity index (χ2n) is 1.08. The summed E-state index contributed by atoms with van der Waals surface area (Å²) in [6.45, 7) is 0. The Morgan fingerprint density at radius 2 is 2.38 bits per heavy atom. The van der Waals surface area contributed by atoms with Crippen LogP contribution in [0.4, 0.5) is 0 Å². The highest BCUT2D eigenvalue weighted by atomic mass is 127. The molecule has 1 rings (SSSR count). The molecule has 0 atom stereocenters. The van der Waals surface area contributed by atoms with Crippen LogP contribution in [0.2, 0.25) is 0 Å². The molecule has 0 aliphatic rings. The molecule has 0 radical (unpaired) electrons. The van der Waals surface area contributed by atoms with E-state index in [1.54, 1.807) is 11.3 Å². The van der Waals surface area contributed by atoms with Crippen LogP contribution in [0.1, 0.15) is 5.01 Å². The van der Waals surface area contributed by atoms with Gasteiger partial charge in [0.05, 0.1) is 5.33 Å². The van der Waals surface area contributed by atoms with Crippen molar-refractivity contribution in [2.75, 3.05) is 0 Å². The molecule has 0 saturated carbocycles. The van der Waals surface area contributed by atoms with Crippen LogP contribution in [0, 0.1) is 3.01 Å². The maximum absolute atomic E-state index is 3.85. The van der Waals surface area contributed by atoms with Crippen LogP contribution in [0.3, 0.4) is 0 Å². The molecule has 1 aromatic rings. The van der Waals surface area contributed by atoms with Crippen LogP contribution < -0.4 is 0 Å². The predicted octanol–water partition coefficient (Wildman–Crippen LogP) is 2.04. The SMILES string of the molecule is BrCc1nnc(I)s1. The molecule has 0 aromatic carbocycles. The number of alkyl halides is 1. The quantitative estimate of drug-likeness (QED) is 0.586. The molecule has 44 valence electrons. The average Bonchev–Trinajstić information content (AvgIpc) is 2.14. The van der Waals surface area contributed by atoms with E-state index in [2.05, 4.69) is 48.7 Å². The zero-order chi connectivity index (χ0) is 5.98. The minimum absolute atomic E-state index is 0.813. The van der Waals surface area contributed by atoms with Crippen molar-refractivity contribution in [3.05, 3.63) is 8.02 Å². The Labute approximate surface area is 73.0 Å². The summed E-state index contributed by atoms with van der Waals surface area (Å²) in [7, 11) is 0. The molecule has 0 unspecified atom stereocenters. The highest BCUT2D eigenvalue weighted by Gasteiger charge is 1.95. The zero-order valence-corrected chi connectivity index (χ0v) is 8.33. The second-order valence-corrected chi connectivity index (χ2v) is 4.46. The topological polar surface area (TPSA) is 25.8 Å². The smallest absolute Gasteiger partial charge is 0.142 e. The molecule has 0 fully saturated rings. The third kappa shape index (κ3) is 1.63. The molecule has 0 spiro atoms. The van der Waals surface area contributed by atoms with Crippen molar-refractivity contribution in [2.24, 2.45) is 0 Å². The molecule has 2 nitrogen and oxygen atoms in total. The number of nitrogens with zero attached hydrogens (tertiary/aromatic N) is 2. The van der Waals surface area contributed by atoms with Crippen LogP contribution in [0.5, 0.6) is 0 Å². The van der Waals surface area contributed by atoms with Crippen molar-refractivity contribution in [2.45, 2.75) is 5.33 Å². The number of rotatable bonds is 1. The lowest BCUT2D eigenvalue weighted by atomic mass is 10.9. The summed E-state index contributed by atoms with van der Waals surface area (Å²) >= 11 is 7.03. The van der Waals surface area contributed by atoms with Crippen molar-refractivity contribution in [3.63, 3.8) is 0 Å². The minimum Gasteiger partial charge on any atom is -0.142 e. The lowest BCUT2D eigenvalue weighted by molar-refractivity contribution is 1.03. The van der Waals surface area contributed by atoms with Gasteiger partial charge in [-0.25, -0.2) is 0 Å². The average molecular weight is 305 g/mol. The van der Waals surface area contributed by atoms with Gasteiger partial charge in [-0.2, -0.15) is 0 Å². The summed E-state index contributed by atoms with van der Waals surface area (Å²) in [5, 5.41) is 9.51. The minimum atomic E-state index is 0.813. The van der Waals surface area contributed by atoms with Gasteiger partial charge >= 0.3 is 0 Å². The Bertz CT molecular complexity index is 178. The molecule has 1 heterocycles. The Morgan fingerprint density at radius 3 is 2.62 bits per heavy atom. The lowest BCUT2D eigenvalue weighted by Crippen LogP contribution is -1.72. The predicted molar refractivity (Wildman–Crippen MR) is 45.3 cm³/mol. The zero-order valence-electron chi connectivity index (χ0n) is 3.77. The van der Waals surface area contributed by atoms with Crippen LogP contribution in [0.15, 0.2) is 0 Å². The molecule has 0 saturated heterocycles. The Balaban J connectivity index is 2.84. The van der Waals surface area contributed by atoms with Crippen molar-refractivity contribution >= 4 is 49.9 Å². The Hall–Kier alpha value is 0.770. The van der Waals surface area contributed by atoms with E-state index in [0.29, 0.717) is 0 Å². The van der Waals surface area contributed by atoms with Crippen molar-refractivity contribution in [3.8, 4) is 0 Å². The van der Waals surface area contributed by atoms with Gasteiger partial charge in [-0.05, 0) is 22.6 Å². The van der Waals surface area contributed by atoms with Gasteiger partial charge in [0.2, 0.25) is 0 Å². The summed E-state index contributed by atoms with van der Waals surface area (Å²) in [6, 6.07) is 0. The second kappa shape index (κ2) is 3.07. The molecule has 0 amide bonds. The van der Waals surface area contributed by atoms with E-state index in [9.17, 15) is 0 Å². The molecule has 0 aliphatic carbocycles. The lowest BCUT2D eigenvalue weighted by Gasteiger charge is -1.73. The molecule has 0 bridgehead atoms. The van der Waals surface area contributed by atoms with Crippen molar-refractivity contribution in [1.29, 1.82) is 0 Å². The van der Waals surface area contributed by atoms with E-state index in [4.69, 9.17) is 0 Å². The van der Waals surface area contributed by atoms with Crippen LogP contribution in [-0.2, 0) is 5.33 Å². The summed E-state index contributed by atoms with van der Waals surface area (Å²) in [5.41, 5.74) is 0. The van der Waals surface area contributed by atoms with E-state index < -0.39 is 0 Å². The summed E-state index contributed by atoms with van der Waals surface area (Å²) in [5.74, 6) is 0. The van der Waals surface area contributed by atoms with Gasteiger partial charge in [-0.1, -0.05) is 27.3 Å². The molecule has 0 aliphatic heterocycles. The van der Waals surface area contributed by atoms with Gasteiger partial charge in [0, 0.05) is 0 Å². The van der Waals surface area contributed by atoms with Crippen LogP contribution >= 0.6 is 49.9 Å². The number of halogens is 2. The van der Waals surface area contributed by atoms with E-state index >= 15 is 0 Å². The van der Waals surface area contributed by atoms with Crippen LogP contribution in [-0.4, -0.2) is 10.2 Å². The van der Waals surface area contributed by atoms with Gasteiger partial charge in [-0.3, -0.25) is 0 Å². The van der Waals surface area contributed by atoms with Crippen molar-refractivity contribution < 1.29 is 0 Å². The normalized spacial score (nSPS) is 9.75. The Kier molecular flexibility index (Phi) is 2.64. The third-order valence-corrected chi connectivity index (χ3v) is 3.05. The van der Waals surface area contributed by atoms with E-state index in [1.807, 2.05) is 0 Å². The maximum atomic E-state index is 3.85. The first kappa shape index (κ1) is 6.88. The van der Waals surface area contributed by atoms with E-state index in [-0.39, 0.29) is 0 Å². The number of hydrogen-bond acceptors (Lipinski definition) is 3. The maximum Gasteiger partial charge on any atom is 0.178 e. The summed E-state index contributed by atoms with van der Waals surface area (Å²) in [4.78, 5) is 0. The number of hydrogen-bond donors (Lipinski definition) is 0. The van der Waals surface area contributed by atoms with Crippen LogP contribution in [0.25, 0.3) is 0 Å². The highest BCUT2D eigenvalue weighted by Crippen LogP contribution is 2.13. The first-order valence-corrected chi connectivity index (χ1v) is 4.88. The first-order valence-electron chi connectivity index (χ1n) is 1.87. The number of aromatic nitrogens is 2. The van der Waals surface area contributed by atoms with Gasteiger partial charge in [0.25, 0.3) is 0 Å². The van der Waals surface area contributed by atoms with E-state index in [0.717, 1.165) is 13.4 Å². The monoisotopic (exact) mass is 304 g/mol.